The van der Waals surface area contributed by atoms with Crippen molar-refractivity contribution in [1.82, 2.24) is 14.3 Å². The van der Waals surface area contributed by atoms with Crippen LogP contribution in [0.15, 0.2) is 48.5 Å². The summed E-state index contributed by atoms with van der Waals surface area (Å²) in [5.74, 6) is 0.797. The SMILES string of the molecule is Nc1ccc(-c2nc3sc4ccccc4n3c2OCCN2CCOCC2)cc1. The fraction of sp³-hybridized carbons (Fsp3) is 0.286. The molecule has 1 fully saturated rings. The number of anilines is 1. The van der Waals surface area contributed by atoms with Crippen LogP contribution in [0.5, 0.6) is 5.88 Å². The second kappa shape index (κ2) is 7.43. The van der Waals surface area contributed by atoms with Gasteiger partial charge in [-0.05, 0) is 24.3 Å². The molecule has 0 bridgehead atoms. The number of aromatic nitrogens is 2. The Morgan fingerprint density at radius 2 is 1.86 bits per heavy atom. The molecular weight excluding hydrogens is 372 g/mol. The molecule has 0 spiro atoms. The van der Waals surface area contributed by atoms with Gasteiger partial charge < -0.3 is 15.2 Å². The molecule has 0 saturated carbocycles. The summed E-state index contributed by atoms with van der Waals surface area (Å²) in [6, 6.07) is 16.1. The van der Waals surface area contributed by atoms with Gasteiger partial charge in [0.15, 0.2) is 4.96 Å². The predicted molar refractivity (Wildman–Crippen MR) is 113 cm³/mol. The van der Waals surface area contributed by atoms with Gasteiger partial charge in [-0.25, -0.2) is 4.98 Å². The van der Waals surface area contributed by atoms with Crippen LogP contribution in [0, 0.1) is 0 Å². The van der Waals surface area contributed by atoms with Gasteiger partial charge in [-0.2, -0.15) is 0 Å². The predicted octanol–water partition coefficient (Wildman–Crippen LogP) is 3.51. The Labute approximate surface area is 167 Å². The number of para-hydroxylation sites is 1. The Balaban J connectivity index is 1.52. The highest BCUT2D eigenvalue weighted by atomic mass is 32.1. The molecule has 0 radical (unpaired) electrons. The van der Waals surface area contributed by atoms with Crippen LogP contribution in [0.1, 0.15) is 0 Å². The second-order valence-electron chi connectivity index (χ2n) is 6.88. The average Bonchev–Trinajstić information content (AvgIpc) is 3.26. The van der Waals surface area contributed by atoms with Crippen molar-refractivity contribution in [2.75, 3.05) is 45.2 Å². The third-order valence-corrected chi connectivity index (χ3v) is 6.07. The zero-order valence-corrected chi connectivity index (χ0v) is 16.3. The van der Waals surface area contributed by atoms with Gasteiger partial charge in [-0.3, -0.25) is 9.30 Å². The molecule has 6 nitrogen and oxygen atoms in total. The number of morpholine rings is 1. The number of imidazole rings is 1. The monoisotopic (exact) mass is 394 g/mol. The largest absolute Gasteiger partial charge is 0.476 e. The first kappa shape index (κ1) is 17.5. The maximum Gasteiger partial charge on any atom is 0.227 e. The minimum atomic E-state index is 0.611. The lowest BCUT2D eigenvalue weighted by atomic mass is 10.1. The number of thiazole rings is 1. The molecule has 0 amide bonds. The summed E-state index contributed by atoms with van der Waals surface area (Å²) >= 11 is 1.68. The number of hydrogen-bond acceptors (Lipinski definition) is 6. The Kier molecular flexibility index (Phi) is 4.64. The summed E-state index contributed by atoms with van der Waals surface area (Å²) in [5.41, 5.74) is 9.60. The van der Waals surface area contributed by atoms with Crippen molar-refractivity contribution in [1.29, 1.82) is 0 Å². The molecule has 2 N–H and O–H groups in total. The van der Waals surface area contributed by atoms with Crippen LogP contribution in [0.2, 0.25) is 0 Å². The molecule has 2 aromatic carbocycles. The van der Waals surface area contributed by atoms with E-state index in [0.29, 0.717) is 6.61 Å². The maximum absolute atomic E-state index is 6.34. The van der Waals surface area contributed by atoms with E-state index < -0.39 is 0 Å². The minimum absolute atomic E-state index is 0.611. The van der Waals surface area contributed by atoms with E-state index in [-0.39, 0.29) is 0 Å². The second-order valence-corrected chi connectivity index (χ2v) is 7.89. The standard InChI is InChI=1S/C21H22N4O2S/c22-16-7-5-15(6-8-16)19-20(27-14-11-24-9-12-26-13-10-24)25-17-3-1-2-4-18(17)28-21(25)23-19/h1-8H,9-14,22H2. The Morgan fingerprint density at radius 3 is 2.68 bits per heavy atom. The highest BCUT2D eigenvalue weighted by Crippen LogP contribution is 2.37. The van der Waals surface area contributed by atoms with Crippen molar-refractivity contribution >= 4 is 32.2 Å². The van der Waals surface area contributed by atoms with E-state index in [4.69, 9.17) is 20.2 Å². The van der Waals surface area contributed by atoms with Crippen LogP contribution in [0.4, 0.5) is 5.69 Å². The van der Waals surface area contributed by atoms with Crippen molar-refractivity contribution in [2.24, 2.45) is 0 Å². The molecule has 1 aliphatic heterocycles. The molecule has 5 rings (SSSR count). The molecule has 28 heavy (non-hydrogen) atoms. The van der Waals surface area contributed by atoms with E-state index >= 15 is 0 Å². The Hall–Kier alpha value is -2.61. The molecule has 3 heterocycles. The van der Waals surface area contributed by atoms with Crippen LogP contribution in [0.3, 0.4) is 0 Å². The van der Waals surface area contributed by atoms with Gasteiger partial charge >= 0.3 is 0 Å². The lowest BCUT2D eigenvalue weighted by Crippen LogP contribution is -2.38. The van der Waals surface area contributed by atoms with Crippen LogP contribution in [-0.4, -0.2) is 53.7 Å². The molecule has 4 aromatic rings. The van der Waals surface area contributed by atoms with Crippen molar-refractivity contribution in [2.45, 2.75) is 0 Å². The maximum atomic E-state index is 6.34. The summed E-state index contributed by atoms with van der Waals surface area (Å²) < 4.78 is 15.1. The topological polar surface area (TPSA) is 65.0 Å². The van der Waals surface area contributed by atoms with Crippen LogP contribution in [-0.2, 0) is 4.74 Å². The molecule has 1 saturated heterocycles. The van der Waals surface area contributed by atoms with Gasteiger partial charge in [-0.1, -0.05) is 35.6 Å². The first-order chi connectivity index (χ1) is 13.8. The minimum Gasteiger partial charge on any atom is -0.476 e. The van der Waals surface area contributed by atoms with Crippen molar-refractivity contribution < 1.29 is 9.47 Å². The fourth-order valence-corrected chi connectivity index (χ4v) is 4.57. The van der Waals surface area contributed by atoms with Crippen molar-refractivity contribution in [3.05, 3.63) is 48.5 Å². The number of nitrogens with two attached hydrogens (primary N) is 1. The average molecular weight is 395 g/mol. The zero-order chi connectivity index (χ0) is 18.9. The number of rotatable bonds is 5. The van der Waals surface area contributed by atoms with E-state index in [0.717, 1.165) is 66.2 Å². The molecule has 0 atom stereocenters. The zero-order valence-electron chi connectivity index (χ0n) is 15.5. The van der Waals surface area contributed by atoms with E-state index in [9.17, 15) is 0 Å². The fourth-order valence-electron chi connectivity index (χ4n) is 3.55. The third kappa shape index (κ3) is 3.22. The molecular formula is C21H22N4O2S. The van der Waals surface area contributed by atoms with Gasteiger partial charge in [0.1, 0.15) is 12.3 Å². The highest BCUT2D eigenvalue weighted by Gasteiger charge is 2.20. The molecule has 7 heteroatoms. The van der Waals surface area contributed by atoms with E-state index in [1.54, 1.807) is 11.3 Å². The number of hydrogen-bond donors (Lipinski definition) is 1. The van der Waals surface area contributed by atoms with Crippen LogP contribution >= 0.6 is 11.3 Å². The summed E-state index contributed by atoms with van der Waals surface area (Å²) in [5, 5.41) is 0. The number of nitrogen functional groups attached to an aromatic ring is 1. The van der Waals surface area contributed by atoms with Gasteiger partial charge in [0.2, 0.25) is 5.88 Å². The smallest absolute Gasteiger partial charge is 0.227 e. The van der Waals surface area contributed by atoms with Crippen molar-refractivity contribution in [3.63, 3.8) is 0 Å². The Bertz CT molecular complexity index is 1100. The lowest BCUT2D eigenvalue weighted by Gasteiger charge is -2.26. The first-order valence-electron chi connectivity index (χ1n) is 9.48. The molecule has 144 valence electrons. The molecule has 0 unspecified atom stereocenters. The summed E-state index contributed by atoms with van der Waals surface area (Å²) in [6.07, 6.45) is 0. The number of ether oxygens (including phenoxy) is 2. The van der Waals surface area contributed by atoms with Crippen LogP contribution < -0.4 is 10.5 Å². The van der Waals surface area contributed by atoms with Gasteiger partial charge in [0, 0.05) is 30.9 Å². The molecule has 2 aromatic heterocycles. The number of benzene rings is 2. The van der Waals surface area contributed by atoms with E-state index in [1.165, 1.54) is 4.70 Å². The Morgan fingerprint density at radius 1 is 1.07 bits per heavy atom. The van der Waals surface area contributed by atoms with Gasteiger partial charge in [0.05, 0.1) is 23.4 Å². The molecule has 1 aliphatic rings. The summed E-state index contributed by atoms with van der Waals surface area (Å²) in [7, 11) is 0. The quantitative estimate of drug-likeness (QED) is 0.525. The van der Waals surface area contributed by atoms with Gasteiger partial charge in [-0.15, -0.1) is 0 Å². The lowest BCUT2D eigenvalue weighted by molar-refractivity contribution is 0.0320. The van der Waals surface area contributed by atoms with Crippen molar-refractivity contribution in [3.8, 4) is 17.1 Å². The van der Waals surface area contributed by atoms with E-state index in [2.05, 4.69) is 33.6 Å². The number of nitrogens with zero attached hydrogens (tertiary/aromatic N) is 3. The first-order valence-corrected chi connectivity index (χ1v) is 10.3. The normalized spacial score (nSPS) is 15.4. The van der Waals surface area contributed by atoms with E-state index in [1.807, 2.05) is 24.3 Å². The van der Waals surface area contributed by atoms with Gasteiger partial charge in [0.25, 0.3) is 0 Å². The summed E-state index contributed by atoms with van der Waals surface area (Å²) in [6.45, 7) is 4.99. The third-order valence-electron chi connectivity index (χ3n) is 5.05. The number of fused-ring (bicyclic) bond motifs is 3. The van der Waals surface area contributed by atoms with Crippen LogP contribution in [0.25, 0.3) is 26.4 Å². The highest BCUT2D eigenvalue weighted by molar-refractivity contribution is 7.23. The molecule has 0 aliphatic carbocycles. The summed E-state index contributed by atoms with van der Waals surface area (Å²) in [4.78, 5) is 8.21.